The van der Waals surface area contributed by atoms with Crippen LogP contribution in [0.3, 0.4) is 0 Å². The Labute approximate surface area is 176 Å². The SMILES string of the molecule is COc1ccnc2c(C(C)CCNc3cc(-c4ccc(C)nc4)ncn3)cccc12. The van der Waals surface area contributed by atoms with Gasteiger partial charge in [-0.2, -0.15) is 0 Å². The number of fused-ring (bicyclic) bond motifs is 1. The minimum Gasteiger partial charge on any atom is -0.496 e. The van der Waals surface area contributed by atoms with Crippen LogP contribution in [0.25, 0.3) is 22.2 Å². The van der Waals surface area contributed by atoms with Gasteiger partial charge in [-0.1, -0.05) is 19.1 Å². The van der Waals surface area contributed by atoms with E-state index in [-0.39, 0.29) is 0 Å². The van der Waals surface area contributed by atoms with E-state index >= 15 is 0 Å². The molecule has 0 amide bonds. The first-order chi connectivity index (χ1) is 14.7. The van der Waals surface area contributed by atoms with E-state index in [2.05, 4.69) is 50.4 Å². The Morgan fingerprint density at radius 2 is 1.93 bits per heavy atom. The second kappa shape index (κ2) is 8.86. The van der Waals surface area contributed by atoms with Gasteiger partial charge in [-0.25, -0.2) is 9.97 Å². The van der Waals surface area contributed by atoms with Crippen molar-refractivity contribution in [3.8, 4) is 17.0 Å². The second-order valence-corrected chi connectivity index (χ2v) is 7.35. The zero-order valence-electron chi connectivity index (χ0n) is 17.5. The third-order valence-corrected chi connectivity index (χ3v) is 5.27. The number of methoxy groups -OCH3 is 1. The molecular formula is C24H25N5O. The molecular weight excluding hydrogens is 374 g/mol. The predicted molar refractivity (Wildman–Crippen MR) is 120 cm³/mol. The lowest BCUT2D eigenvalue weighted by molar-refractivity contribution is 0.419. The predicted octanol–water partition coefficient (Wildman–Crippen LogP) is 5.01. The van der Waals surface area contributed by atoms with Crippen molar-refractivity contribution in [2.24, 2.45) is 0 Å². The van der Waals surface area contributed by atoms with Crippen LogP contribution in [0, 0.1) is 6.92 Å². The number of para-hydroxylation sites is 1. The molecule has 1 N–H and O–H groups in total. The van der Waals surface area contributed by atoms with Gasteiger partial charge in [0.1, 0.15) is 17.9 Å². The van der Waals surface area contributed by atoms with Gasteiger partial charge < -0.3 is 10.1 Å². The Morgan fingerprint density at radius 3 is 2.73 bits per heavy atom. The fraction of sp³-hybridized carbons (Fsp3) is 0.250. The molecule has 3 heterocycles. The lowest BCUT2D eigenvalue weighted by Gasteiger charge is -2.16. The van der Waals surface area contributed by atoms with E-state index < -0.39 is 0 Å². The number of aromatic nitrogens is 4. The summed E-state index contributed by atoms with van der Waals surface area (Å²) in [7, 11) is 1.69. The van der Waals surface area contributed by atoms with Crippen molar-refractivity contribution >= 4 is 16.7 Å². The van der Waals surface area contributed by atoms with Gasteiger partial charge in [-0.3, -0.25) is 9.97 Å². The molecule has 0 saturated heterocycles. The lowest BCUT2D eigenvalue weighted by atomic mass is 9.95. The number of nitrogens with one attached hydrogen (secondary N) is 1. The maximum atomic E-state index is 5.48. The van der Waals surface area contributed by atoms with Crippen LogP contribution in [0.15, 0.2) is 61.2 Å². The smallest absolute Gasteiger partial charge is 0.129 e. The van der Waals surface area contributed by atoms with Crippen molar-refractivity contribution in [1.82, 2.24) is 19.9 Å². The zero-order chi connectivity index (χ0) is 20.9. The fourth-order valence-corrected chi connectivity index (χ4v) is 3.55. The van der Waals surface area contributed by atoms with Gasteiger partial charge in [0.15, 0.2) is 0 Å². The summed E-state index contributed by atoms with van der Waals surface area (Å²) in [5.74, 6) is 2.00. The molecule has 4 aromatic rings. The number of pyridine rings is 2. The monoisotopic (exact) mass is 399 g/mol. The van der Waals surface area contributed by atoms with Crippen LogP contribution < -0.4 is 10.1 Å². The number of aryl methyl sites for hydroxylation is 1. The first kappa shape index (κ1) is 19.8. The number of benzene rings is 1. The lowest BCUT2D eigenvalue weighted by Crippen LogP contribution is -2.08. The summed E-state index contributed by atoms with van der Waals surface area (Å²) in [5.41, 5.74) is 5.05. The van der Waals surface area contributed by atoms with Crippen molar-refractivity contribution in [1.29, 1.82) is 0 Å². The largest absolute Gasteiger partial charge is 0.496 e. The highest BCUT2D eigenvalue weighted by atomic mass is 16.5. The molecule has 30 heavy (non-hydrogen) atoms. The van der Waals surface area contributed by atoms with E-state index in [0.717, 1.165) is 52.4 Å². The van der Waals surface area contributed by atoms with E-state index in [1.165, 1.54) is 5.56 Å². The molecule has 1 unspecified atom stereocenters. The molecule has 0 aliphatic carbocycles. The zero-order valence-corrected chi connectivity index (χ0v) is 17.5. The molecule has 6 heteroatoms. The summed E-state index contributed by atoms with van der Waals surface area (Å²) >= 11 is 0. The highest BCUT2D eigenvalue weighted by molar-refractivity contribution is 5.87. The average molecular weight is 399 g/mol. The molecule has 1 aromatic carbocycles. The molecule has 4 rings (SSSR count). The normalized spacial score (nSPS) is 12.0. The third-order valence-electron chi connectivity index (χ3n) is 5.27. The van der Waals surface area contributed by atoms with Crippen LogP contribution in [0.2, 0.25) is 0 Å². The average Bonchev–Trinajstić information content (AvgIpc) is 2.79. The van der Waals surface area contributed by atoms with Crippen LogP contribution in [0.4, 0.5) is 5.82 Å². The van der Waals surface area contributed by atoms with Crippen LogP contribution in [0.1, 0.15) is 30.5 Å². The molecule has 0 spiro atoms. The second-order valence-electron chi connectivity index (χ2n) is 7.35. The maximum absolute atomic E-state index is 5.48. The van der Waals surface area contributed by atoms with E-state index in [1.54, 1.807) is 19.6 Å². The summed E-state index contributed by atoms with van der Waals surface area (Å²) in [6.07, 6.45) is 6.18. The van der Waals surface area contributed by atoms with Crippen LogP contribution in [-0.4, -0.2) is 33.6 Å². The van der Waals surface area contributed by atoms with E-state index in [4.69, 9.17) is 4.74 Å². The van der Waals surface area contributed by atoms with Gasteiger partial charge in [0, 0.05) is 41.6 Å². The number of anilines is 1. The molecule has 6 nitrogen and oxygen atoms in total. The van der Waals surface area contributed by atoms with Gasteiger partial charge >= 0.3 is 0 Å². The highest BCUT2D eigenvalue weighted by Crippen LogP contribution is 2.31. The standard InChI is InChI=1S/C24H25N5O/c1-16(19-5-4-6-20-22(30-3)10-12-26-24(19)20)9-11-25-23-13-21(28-15-29-23)18-8-7-17(2)27-14-18/h4-8,10,12-16H,9,11H2,1-3H3,(H,25,28,29). The van der Waals surface area contributed by atoms with Crippen molar-refractivity contribution in [2.45, 2.75) is 26.2 Å². The molecule has 0 radical (unpaired) electrons. The summed E-state index contributed by atoms with van der Waals surface area (Å²) < 4.78 is 5.48. The van der Waals surface area contributed by atoms with Crippen molar-refractivity contribution in [3.05, 3.63) is 72.4 Å². The topological polar surface area (TPSA) is 72.8 Å². The van der Waals surface area contributed by atoms with E-state index in [9.17, 15) is 0 Å². The van der Waals surface area contributed by atoms with Crippen molar-refractivity contribution in [2.75, 3.05) is 19.0 Å². The Bertz CT molecular complexity index is 1140. The Hall–Kier alpha value is -3.54. The molecule has 0 fully saturated rings. The Balaban J connectivity index is 1.44. The first-order valence-corrected chi connectivity index (χ1v) is 10.1. The molecule has 0 aliphatic heterocycles. The minimum atomic E-state index is 0.336. The number of rotatable bonds is 7. The van der Waals surface area contributed by atoms with Gasteiger partial charge in [0.25, 0.3) is 0 Å². The highest BCUT2D eigenvalue weighted by Gasteiger charge is 2.13. The maximum Gasteiger partial charge on any atom is 0.129 e. The number of ether oxygens (including phenoxy) is 1. The summed E-state index contributed by atoms with van der Waals surface area (Å²) in [5, 5.41) is 4.47. The Morgan fingerprint density at radius 1 is 1.03 bits per heavy atom. The van der Waals surface area contributed by atoms with Gasteiger partial charge in [0.05, 0.1) is 18.3 Å². The van der Waals surface area contributed by atoms with Crippen LogP contribution >= 0.6 is 0 Å². The van der Waals surface area contributed by atoms with Crippen LogP contribution in [0.5, 0.6) is 5.75 Å². The van der Waals surface area contributed by atoms with E-state index in [1.807, 2.05) is 37.4 Å². The van der Waals surface area contributed by atoms with Gasteiger partial charge in [-0.05, 0) is 49.1 Å². The van der Waals surface area contributed by atoms with Gasteiger partial charge in [-0.15, -0.1) is 0 Å². The molecule has 152 valence electrons. The first-order valence-electron chi connectivity index (χ1n) is 10.1. The third kappa shape index (κ3) is 4.22. The van der Waals surface area contributed by atoms with Crippen molar-refractivity contribution < 1.29 is 4.74 Å². The van der Waals surface area contributed by atoms with Gasteiger partial charge in [0.2, 0.25) is 0 Å². The summed E-state index contributed by atoms with van der Waals surface area (Å²) in [4.78, 5) is 17.7. The number of hydrogen-bond donors (Lipinski definition) is 1. The number of hydrogen-bond acceptors (Lipinski definition) is 6. The minimum absolute atomic E-state index is 0.336. The fourth-order valence-electron chi connectivity index (χ4n) is 3.55. The molecule has 3 aromatic heterocycles. The molecule has 0 saturated carbocycles. The van der Waals surface area contributed by atoms with Crippen molar-refractivity contribution in [3.63, 3.8) is 0 Å². The quantitative estimate of drug-likeness (QED) is 0.471. The van der Waals surface area contributed by atoms with E-state index in [0.29, 0.717) is 5.92 Å². The molecule has 1 atom stereocenters. The number of nitrogens with zero attached hydrogens (tertiary/aromatic N) is 4. The molecule has 0 bridgehead atoms. The summed E-state index contributed by atoms with van der Waals surface area (Å²) in [6.45, 7) is 4.99. The summed E-state index contributed by atoms with van der Waals surface area (Å²) in [6, 6.07) is 14.1. The Kier molecular flexibility index (Phi) is 5.84. The van der Waals surface area contributed by atoms with Crippen LogP contribution in [-0.2, 0) is 0 Å². The molecule has 0 aliphatic rings.